The molecule has 12 aromatic carbocycles. The number of nitrogens with zero attached hydrogens (tertiary/aromatic N) is 4. The van der Waals surface area contributed by atoms with Gasteiger partial charge in [-0.2, -0.15) is 0 Å². The fourth-order valence-corrected chi connectivity index (χ4v) is 15.6. The van der Waals surface area contributed by atoms with Crippen LogP contribution in [0.3, 0.4) is 0 Å². The molecule has 0 radical (unpaired) electrons. The first kappa shape index (κ1) is 50.6. The summed E-state index contributed by atoms with van der Waals surface area (Å²) in [6.45, 7) is 14.3. The molecule has 2 aliphatic carbocycles. The van der Waals surface area contributed by atoms with Gasteiger partial charge < -0.3 is 18.9 Å². The minimum Gasteiger partial charge on any atom is -0.307 e. The Hall–Kier alpha value is -9.12. The fraction of sp³-hybridized carbons (Fsp3) is 0.200. The van der Waals surface area contributed by atoms with Crippen molar-refractivity contribution in [3.63, 3.8) is 0 Å². The topological polar surface area (TPSA) is 16.3 Å². The normalized spacial score (nSPS) is 13.7. The summed E-state index contributed by atoms with van der Waals surface area (Å²) in [5.41, 5.74) is 25.9. The van der Waals surface area contributed by atoms with Gasteiger partial charge in [0.2, 0.25) is 0 Å². The van der Waals surface area contributed by atoms with E-state index >= 15 is 0 Å². The van der Waals surface area contributed by atoms with Crippen molar-refractivity contribution in [2.75, 3.05) is 9.80 Å². The molecule has 4 nitrogen and oxygen atoms in total. The molecule has 84 heavy (non-hydrogen) atoms. The number of hydrogen-bond donors (Lipinski definition) is 0. The van der Waals surface area contributed by atoms with Crippen LogP contribution in [0.1, 0.15) is 110 Å². The van der Waals surface area contributed by atoms with Crippen molar-refractivity contribution in [3.05, 3.63) is 251 Å². The van der Waals surface area contributed by atoms with Gasteiger partial charge in [0.05, 0.1) is 44.8 Å². The van der Waals surface area contributed by atoms with Gasteiger partial charge in [0.25, 0.3) is 0 Å². The van der Waals surface area contributed by atoms with Gasteiger partial charge in [-0.1, -0.05) is 173 Å². The molecule has 0 fully saturated rings. The second-order valence-electron chi connectivity index (χ2n) is 24.9. The van der Waals surface area contributed by atoms with E-state index in [0.717, 1.165) is 37.1 Å². The van der Waals surface area contributed by atoms with Crippen molar-refractivity contribution in [2.24, 2.45) is 0 Å². The van der Waals surface area contributed by atoms with Gasteiger partial charge in [0.1, 0.15) is 0 Å². The number of rotatable bonds is 10. The average Bonchev–Trinajstić information content (AvgIpc) is 1.68. The van der Waals surface area contributed by atoms with Crippen LogP contribution in [0.5, 0.6) is 0 Å². The maximum absolute atomic E-state index is 2.75. The van der Waals surface area contributed by atoms with E-state index in [1.807, 2.05) is 0 Å². The van der Waals surface area contributed by atoms with E-state index in [0.29, 0.717) is 0 Å². The van der Waals surface area contributed by atoms with Gasteiger partial charge >= 0.3 is 0 Å². The lowest BCUT2D eigenvalue weighted by atomic mass is 9.83. The number of fused-ring (bicyclic) bond motifs is 8. The quantitative estimate of drug-likeness (QED) is 0.127. The molecule has 0 unspecified atom stereocenters. The smallest absolute Gasteiger partial charge is 0.0785 e. The molecule has 14 aromatic rings. The highest BCUT2D eigenvalue weighted by atomic mass is 15.2. The first-order valence-corrected chi connectivity index (χ1v) is 31.0. The molecule has 4 heteroatoms. The molecule has 0 saturated heterocycles. The van der Waals surface area contributed by atoms with Crippen LogP contribution in [-0.4, -0.2) is 9.13 Å². The van der Waals surface area contributed by atoms with Crippen molar-refractivity contribution in [1.29, 1.82) is 0 Å². The second-order valence-corrected chi connectivity index (χ2v) is 24.9. The summed E-state index contributed by atoms with van der Waals surface area (Å²) < 4.78 is 5.10. The highest BCUT2D eigenvalue weighted by Crippen LogP contribution is 2.56. The number of anilines is 6. The molecule has 0 amide bonds. The molecule has 2 heterocycles. The zero-order valence-electron chi connectivity index (χ0n) is 49.2. The lowest BCUT2D eigenvalue weighted by Crippen LogP contribution is -2.18. The predicted octanol–water partition coefficient (Wildman–Crippen LogP) is 22.3. The Balaban J connectivity index is 1.07. The van der Waals surface area contributed by atoms with E-state index in [1.165, 1.54) is 180 Å². The SMILES string of the molecule is Cc1ccc2c3ccccc3n(-c3ccccc3)c2c1N(c1cccc2c1CCCC2)c1cc(C(C)C)c2ccc3c(N(c4cccc5c4CCCC5)c4c(C)ccc5c6ccccc6n(-c6ccccc6)c45)cc(C(C)C)c4ccc1c2c43. The van der Waals surface area contributed by atoms with E-state index in [1.54, 1.807) is 0 Å². The Morgan fingerprint density at radius 3 is 1.14 bits per heavy atom. The maximum atomic E-state index is 2.75. The number of aromatic nitrogens is 2. The van der Waals surface area contributed by atoms with Crippen LogP contribution >= 0.6 is 0 Å². The summed E-state index contributed by atoms with van der Waals surface area (Å²) in [4.78, 5) is 5.49. The molecule has 2 aliphatic rings. The van der Waals surface area contributed by atoms with Crippen LogP contribution in [0.4, 0.5) is 34.1 Å². The lowest BCUT2D eigenvalue weighted by molar-refractivity contribution is 0.686. The molecule has 0 aliphatic heterocycles. The summed E-state index contributed by atoms with van der Waals surface area (Å²) in [6.07, 6.45) is 9.10. The van der Waals surface area contributed by atoms with E-state index in [9.17, 15) is 0 Å². The largest absolute Gasteiger partial charge is 0.307 e. The van der Waals surface area contributed by atoms with Gasteiger partial charge in [-0.25, -0.2) is 0 Å². The van der Waals surface area contributed by atoms with Crippen molar-refractivity contribution in [3.8, 4) is 11.4 Å². The Morgan fingerprint density at radius 2 is 0.714 bits per heavy atom. The number of para-hydroxylation sites is 4. The van der Waals surface area contributed by atoms with Gasteiger partial charge in [-0.15, -0.1) is 0 Å². The third-order valence-electron chi connectivity index (χ3n) is 19.4. The van der Waals surface area contributed by atoms with Crippen molar-refractivity contribution in [1.82, 2.24) is 9.13 Å². The minimum absolute atomic E-state index is 0.240. The molecule has 0 saturated carbocycles. The highest BCUT2D eigenvalue weighted by Gasteiger charge is 2.33. The van der Waals surface area contributed by atoms with E-state index in [-0.39, 0.29) is 11.8 Å². The first-order valence-electron chi connectivity index (χ1n) is 31.0. The van der Waals surface area contributed by atoms with Crippen LogP contribution < -0.4 is 9.80 Å². The van der Waals surface area contributed by atoms with Gasteiger partial charge in [0, 0.05) is 55.1 Å². The maximum Gasteiger partial charge on any atom is 0.0785 e. The summed E-state index contributed by atoms with van der Waals surface area (Å²) in [7, 11) is 0. The van der Waals surface area contributed by atoms with E-state index in [2.05, 4.69) is 267 Å². The van der Waals surface area contributed by atoms with Crippen LogP contribution in [0.15, 0.2) is 206 Å². The average molecular weight is 1090 g/mol. The zero-order chi connectivity index (χ0) is 56.5. The molecule has 0 bridgehead atoms. The summed E-state index contributed by atoms with van der Waals surface area (Å²) in [6, 6.07) is 79.3. The third kappa shape index (κ3) is 7.58. The number of aryl methyl sites for hydroxylation is 4. The van der Waals surface area contributed by atoms with E-state index in [4.69, 9.17) is 0 Å². The van der Waals surface area contributed by atoms with Crippen molar-refractivity contribution >= 4 is 110 Å². The Kier molecular flexibility index (Phi) is 11.9. The van der Waals surface area contributed by atoms with Crippen molar-refractivity contribution in [2.45, 2.75) is 105 Å². The first-order chi connectivity index (χ1) is 41.2. The predicted molar refractivity (Wildman–Crippen MR) is 359 cm³/mol. The van der Waals surface area contributed by atoms with Crippen LogP contribution in [0, 0.1) is 13.8 Å². The molecular weight excluding hydrogens is 1020 g/mol. The van der Waals surface area contributed by atoms with Gasteiger partial charge in [-0.05, 0) is 204 Å². The third-order valence-corrected chi connectivity index (χ3v) is 19.4. The standard InChI is InChI=1S/C80H70N4/c1-49(2)67-47-73(83(69-37-21-25-53-23-13-15-31-57(53)69)77-51(5)39-41-63-59-33-17-19-35-71(59)81(79(63)77)55-27-9-7-10-28-55)65-46-44-62-68(50(3)4)48-74(66-45-43-61(67)75(65)76(62)66)84(70-38-22-26-54-24-14-16-32-58(54)70)78-52(6)40-42-64-60-34-18-20-36-72(60)82(80(64)78)56-29-11-8-12-30-56/h7-12,17-22,25-30,33-50H,13-16,23-24,31-32H2,1-6H3. The zero-order valence-corrected chi connectivity index (χ0v) is 49.2. The Labute approximate surface area is 493 Å². The Morgan fingerprint density at radius 1 is 0.333 bits per heavy atom. The Bertz CT molecular complexity index is 4630. The molecular formula is C80H70N4. The van der Waals surface area contributed by atoms with Crippen molar-refractivity contribution < 1.29 is 0 Å². The summed E-state index contributed by atoms with van der Waals surface area (Å²) in [5, 5.41) is 13.0. The lowest BCUT2D eigenvalue weighted by Gasteiger charge is -2.35. The van der Waals surface area contributed by atoms with Gasteiger partial charge in [-0.3, -0.25) is 0 Å². The van der Waals surface area contributed by atoms with Crippen LogP contribution in [0.2, 0.25) is 0 Å². The van der Waals surface area contributed by atoms with Gasteiger partial charge in [0.15, 0.2) is 0 Å². The number of hydrogen-bond acceptors (Lipinski definition) is 2. The second kappa shape index (κ2) is 19.8. The number of benzene rings is 12. The van der Waals surface area contributed by atoms with E-state index < -0.39 is 0 Å². The van der Waals surface area contributed by atoms with Crippen LogP contribution in [-0.2, 0) is 25.7 Å². The van der Waals surface area contributed by atoms with Crippen LogP contribution in [0.25, 0.3) is 87.3 Å². The molecule has 16 rings (SSSR count). The monoisotopic (exact) mass is 1090 g/mol. The molecule has 0 atom stereocenters. The molecule has 2 aromatic heterocycles. The minimum atomic E-state index is 0.240. The molecule has 410 valence electrons. The highest BCUT2D eigenvalue weighted by molar-refractivity contribution is 6.30. The molecule has 0 N–H and O–H groups in total. The summed E-state index contributed by atoms with van der Waals surface area (Å²) in [5.74, 6) is 0.480. The summed E-state index contributed by atoms with van der Waals surface area (Å²) >= 11 is 0. The fourth-order valence-electron chi connectivity index (χ4n) is 15.6. The molecule has 0 spiro atoms.